The van der Waals surface area contributed by atoms with Crippen LogP contribution < -0.4 is 10.6 Å². The Morgan fingerprint density at radius 1 is 1.42 bits per heavy atom. The summed E-state index contributed by atoms with van der Waals surface area (Å²) in [6, 6.07) is 4.00. The molecule has 4 amide bonds. The van der Waals surface area contributed by atoms with Gasteiger partial charge in [-0.05, 0) is 31.0 Å². The van der Waals surface area contributed by atoms with Gasteiger partial charge in [-0.25, -0.2) is 9.18 Å². The highest BCUT2D eigenvalue weighted by molar-refractivity contribution is 6.08. The molecule has 0 bridgehead atoms. The van der Waals surface area contributed by atoms with E-state index < -0.39 is 29.9 Å². The minimum atomic E-state index is -1.17. The lowest BCUT2D eigenvalue weighted by atomic mass is 10.0. The number of hydrogen-bond donors (Lipinski definition) is 2. The summed E-state index contributed by atoms with van der Waals surface area (Å²) >= 11 is 0. The first-order valence-electron chi connectivity index (χ1n) is 7.41. The van der Waals surface area contributed by atoms with Crippen molar-refractivity contribution in [3.63, 3.8) is 0 Å². The van der Waals surface area contributed by atoms with Crippen LogP contribution in [-0.2, 0) is 20.9 Å². The monoisotopic (exact) mass is 337 g/mol. The Bertz CT molecular complexity index is 679. The van der Waals surface area contributed by atoms with E-state index in [1.165, 1.54) is 20.1 Å². The van der Waals surface area contributed by atoms with Gasteiger partial charge in [-0.2, -0.15) is 0 Å². The van der Waals surface area contributed by atoms with E-state index in [0.717, 1.165) is 4.90 Å². The van der Waals surface area contributed by atoms with Gasteiger partial charge < -0.3 is 15.4 Å². The molecule has 0 radical (unpaired) electrons. The largest absolute Gasteiger partial charge is 0.382 e. The summed E-state index contributed by atoms with van der Waals surface area (Å²) in [5, 5.41) is 5.07. The lowest BCUT2D eigenvalue weighted by molar-refractivity contribution is -0.135. The van der Waals surface area contributed by atoms with Gasteiger partial charge in [0.25, 0.3) is 5.91 Å². The van der Waals surface area contributed by atoms with Crippen LogP contribution in [0.15, 0.2) is 18.2 Å². The molecule has 7 nitrogen and oxygen atoms in total. The Morgan fingerprint density at radius 3 is 2.75 bits per heavy atom. The second-order valence-corrected chi connectivity index (χ2v) is 5.95. The van der Waals surface area contributed by atoms with Crippen LogP contribution >= 0.6 is 0 Å². The zero-order valence-corrected chi connectivity index (χ0v) is 13.8. The maximum absolute atomic E-state index is 13.5. The molecule has 1 aromatic rings. The average Bonchev–Trinajstić information content (AvgIpc) is 2.72. The van der Waals surface area contributed by atoms with Gasteiger partial charge in [-0.15, -0.1) is 0 Å². The summed E-state index contributed by atoms with van der Waals surface area (Å²) in [5.74, 6) is -1.39. The quantitative estimate of drug-likeness (QED) is 0.748. The Hall–Kier alpha value is -2.48. The zero-order chi connectivity index (χ0) is 17.9. The van der Waals surface area contributed by atoms with E-state index in [0.29, 0.717) is 11.1 Å². The zero-order valence-electron chi connectivity index (χ0n) is 13.8. The van der Waals surface area contributed by atoms with Gasteiger partial charge in [-0.3, -0.25) is 14.5 Å². The molecule has 2 rings (SSSR count). The van der Waals surface area contributed by atoms with Crippen LogP contribution in [0.4, 0.5) is 9.18 Å². The summed E-state index contributed by atoms with van der Waals surface area (Å²) in [4.78, 5) is 36.9. The van der Waals surface area contributed by atoms with Gasteiger partial charge in [-0.1, -0.05) is 12.1 Å². The fourth-order valence-electron chi connectivity index (χ4n) is 2.42. The third-order valence-corrected chi connectivity index (χ3v) is 3.81. The Morgan fingerprint density at radius 2 is 2.12 bits per heavy atom. The molecule has 1 aromatic carbocycles. The average molecular weight is 337 g/mol. The van der Waals surface area contributed by atoms with E-state index in [4.69, 9.17) is 4.74 Å². The van der Waals surface area contributed by atoms with Crippen LogP contribution in [0.2, 0.25) is 0 Å². The van der Waals surface area contributed by atoms with Crippen LogP contribution in [0.1, 0.15) is 18.1 Å². The highest BCUT2D eigenvalue weighted by Crippen LogP contribution is 2.17. The first-order chi connectivity index (χ1) is 11.3. The predicted octanol–water partition coefficient (Wildman–Crippen LogP) is 0.707. The van der Waals surface area contributed by atoms with E-state index in [1.54, 1.807) is 19.1 Å². The Labute approximate surface area is 139 Å². The number of nitrogens with zero attached hydrogens (tertiary/aromatic N) is 1. The second kappa shape index (κ2) is 6.96. The van der Waals surface area contributed by atoms with E-state index in [2.05, 4.69) is 10.6 Å². The molecule has 1 unspecified atom stereocenters. The first-order valence-corrected chi connectivity index (χ1v) is 7.41. The topological polar surface area (TPSA) is 87.7 Å². The number of carbonyl (C=O) groups excluding carboxylic acids is 3. The van der Waals surface area contributed by atoms with Crippen molar-refractivity contribution in [3.05, 3.63) is 35.1 Å². The van der Waals surface area contributed by atoms with Crippen LogP contribution in [-0.4, -0.2) is 48.5 Å². The molecular weight excluding hydrogens is 317 g/mol. The molecular formula is C16H20FN3O4. The molecule has 0 aliphatic carbocycles. The van der Waals surface area contributed by atoms with Crippen molar-refractivity contribution >= 4 is 17.8 Å². The third-order valence-electron chi connectivity index (χ3n) is 3.81. The second-order valence-electron chi connectivity index (χ2n) is 5.95. The number of carbonyl (C=O) groups is 3. The van der Waals surface area contributed by atoms with Crippen molar-refractivity contribution in [3.8, 4) is 0 Å². The Balaban J connectivity index is 1.93. The fraction of sp³-hybridized carbons (Fsp3) is 0.438. The molecule has 1 heterocycles. The standard InChI is InChI=1S/C16H20FN3O4/c1-10-4-5-11(6-12(10)17)7-18-13(21)8-20-14(22)16(2,9-24-3)19-15(20)23/h4-6H,7-9H2,1-3H3,(H,18,21)(H,19,23). The molecule has 1 aliphatic rings. The summed E-state index contributed by atoms with van der Waals surface area (Å²) < 4.78 is 18.4. The number of nitrogens with one attached hydrogen (secondary N) is 2. The summed E-state index contributed by atoms with van der Waals surface area (Å²) in [6.07, 6.45) is 0. The van der Waals surface area contributed by atoms with Crippen molar-refractivity contribution in [2.75, 3.05) is 20.3 Å². The van der Waals surface area contributed by atoms with E-state index in [9.17, 15) is 18.8 Å². The molecule has 24 heavy (non-hydrogen) atoms. The summed E-state index contributed by atoms with van der Waals surface area (Å²) in [6.45, 7) is 2.89. The summed E-state index contributed by atoms with van der Waals surface area (Å²) in [7, 11) is 1.42. The van der Waals surface area contributed by atoms with Crippen molar-refractivity contribution in [1.82, 2.24) is 15.5 Å². The van der Waals surface area contributed by atoms with Gasteiger partial charge in [0.05, 0.1) is 6.61 Å². The number of methoxy groups -OCH3 is 1. The minimum absolute atomic E-state index is 0.0122. The number of urea groups is 1. The normalized spacial score (nSPS) is 20.2. The molecule has 0 spiro atoms. The number of hydrogen-bond acceptors (Lipinski definition) is 4. The third kappa shape index (κ3) is 3.70. The highest BCUT2D eigenvalue weighted by Gasteiger charge is 2.48. The maximum Gasteiger partial charge on any atom is 0.325 e. The Kier molecular flexibility index (Phi) is 5.18. The molecule has 1 saturated heterocycles. The number of benzene rings is 1. The molecule has 1 fully saturated rings. The van der Waals surface area contributed by atoms with Gasteiger partial charge in [0.15, 0.2) is 0 Å². The molecule has 2 N–H and O–H groups in total. The molecule has 130 valence electrons. The molecule has 8 heteroatoms. The lowest BCUT2D eigenvalue weighted by Crippen LogP contribution is -2.48. The van der Waals surface area contributed by atoms with E-state index >= 15 is 0 Å². The fourth-order valence-corrected chi connectivity index (χ4v) is 2.42. The molecule has 1 atom stereocenters. The van der Waals surface area contributed by atoms with Crippen LogP contribution in [0.25, 0.3) is 0 Å². The van der Waals surface area contributed by atoms with Gasteiger partial charge >= 0.3 is 6.03 Å². The number of amides is 4. The van der Waals surface area contributed by atoms with Crippen molar-refractivity contribution < 1.29 is 23.5 Å². The van der Waals surface area contributed by atoms with Crippen LogP contribution in [0.3, 0.4) is 0 Å². The molecule has 0 aromatic heterocycles. The van der Waals surface area contributed by atoms with Crippen LogP contribution in [0.5, 0.6) is 0 Å². The highest BCUT2D eigenvalue weighted by atomic mass is 19.1. The number of ether oxygens (including phenoxy) is 1. The molecule has 0 saturated carbocycles. The predicted molar refractivity (Wildman–Crippen MR) is 83.5 cm³/mol. The number of aryl methyl sites for hydroxylation is 1. The lowest BCUT2D eigenvalue weighted by Gasteiger charge is -2.20. The van der Waals surface area contributed by atoms with Gasteiger partial charge in [0, 0.05) is 13.7 Å². The molecule has 1 aliphatic heterocycles. The van der Waals surface area contributed by atoms with Crippen LogP contribution in [0, 0.1) is 12.7 Å². The van der Waals surface area contributed by atoms with E-state index in [1.807, 2.05) is 0 Å². The van der Waals surface area contributed by atoms with E-state index in [-0.39, 0.29) is 19.0 Å². The minimum Gasteiger partial charge on any atom is -0.382 e. The van der Waals surface area contributed by atoms with Gasteiger partial charge in [0.2, 0.25) is 5.91 Å². The van der Waals surface area contributed by atoms with Crippen molar-refractivity contribution in [2.45, 2.75) is 25.9 Å². The SMILES string of the molecule is COCC1(C)NC(=O)N(CC(=O)NCc2ccc(C)c(F)c2)C1=O. The van der Waals surface area contributed by atoms with Gasteiger partial charge in [0.1, 0.15) is 17.9 Å². The van der Waals surface area contributed by atoms with Crippen molar-refractivity contribution in [1.29, 1.82) is 0 Å². The summed E-state index contributed by atoms with van der Waals surface area (Å²) in [5.41, 5.74) is -0.0682. The number of rotatable bonds is 6. The first kappa shape index (κ1) is 17.9. The maximum atomic E-state index is 13.5. The number of imide groups is 1. The number of halogens is 1. The smallest absolute Gasteiger partial charge is 0.325 e. The van der Waals surface area contributed by atoms with Crippen molar-refractivity contribution in [2.24, 2.45) is 0 Å².